The van der Waals surface area contributed by atoms with Crippen molar-refractivity contribution in [2.75, 3.05) is 20.8 Å². The molecular weight excluding hydrogens is 458 g/mol. The van der Waals surface area contributed by atoms with Gasteiger partial charge in [0.25, 0.3) is 11.7 Å². The lowest BCUT2D eigenvalue weighted by Gasteiger charge is -2.25. The quantitative estimate of drug-likeness (QED) is 0.256. The fourth-order valence-electron chi connectivity index (χ4n) is 4.34. The van der Waals surface area contributed by atoms with E-state index in [-0.39, 0.29) is 11.3 Å². The smallest absolute Gasteiger partial charge is 0.295 e. The van der Waals surface area contributed by atoms with Gasteiger partial charge in [0.05, 0.1) is 25.8 Å². The number of methoxy groups -OCH3 is 2. The predicted molar refractivity (Wildman–Crippen MR) is 136 cm³/mol. The molecule has 1 aliphatic rings. The molecule has 1 heterocycles. The Hall–Kier alpha value is -4.26. The molecule has 3 aromatic rings. The average Bonchev–Trinajstić information content (AvgIpc) is 3.17. The molecular formula is C29H29NO6. The first-order chi connectivity index (χ1) is 17.5. The lowest BCUT2D eigenvalue weighted by Crippen LogP contribution is -2.30. The Kier molecular flexibility index (Phi) is 7.59. The summed E-state index contributed by atoms with van der Waals surface area (Å²) in [5, 5.41) is 11.2. The Morgan fingerprint density at radius 1 is 0.917 bits per heavy atom. The summed E-state index contributed by atoms with van der Waals surface area (Å²) < 4.78 is 16.8. The van der Waals surface area contributed by atoms with Gasteiger partial charge in [-0.1, -0.05) is 55.5 Å². The third-order valence-corrected chi connectivity index (χ3v) is 6.09. The van der Waals surface area contributed by atoms with Crippen LogP contribution in [0.5, 0.6) is 17.2 Å². The summed E-state index contributed by atoms with van der Waals surface area (Å²) >= 11 is 0. The monoisotopic (exact) mass is 487 g/mol. The first kappa shape index (κ1) is 24.9. The normalized spacial score (nSPS) is 16.8. The topological polar surface area (TPSA) is 85.3 Å². The second kappa shape index (κ2) is 11.0. The third-order valence-electron chi connectivity index (χ3n) is 6.09. The van der Waals surface area contributed by atoms with Gasteiger partial charge in [-0.3, -0.25) is 9.59 Å². The molecule has 0 saturated carbocycles. The molecule has 1 N–H and O–H groups in total. The van der Waals surface area contributed by atoms with Crippen molar-refractivity contribution in [2.24, 2.45) is 0 Å². The summed E-state index contributed by atoms with van der Waals surface area (Å²) in [7, 11) is 3.07. The van der Waals surface area contributed by atoms with E-state index in [9.17, 15) is 14.7 Å². The van der Waals surface area contributed by atoms with Gasteiger partial charge in [-0.15, -0.1) is 0 Å². The predicted octanol–water partition coefficient (Wildman–Crippen LogP) is 5.11. The number of nitrogens with zero attached hydrogens (tertiary/aromatic N) is 1. The molecule has 7 heteroatoms. The summed E-state index contributed by atoms with van der Waals surface area (Å²) in [5.41, 5.74) is 2.04. The zero-order chi connectivity index (χ0) is 25.7. The molecule has 1 amide bonds. The molecule has 0 bridgehead atoms. The van der Waals surface area contributed by atoms with Gasteiger partial charge in [-0.25, -0.2) is 0 Å². The standard InChI is InChI=1S/C29H29NO6/c1-4-15-30-26(25(28(32)29(30)33)27(31)21-11-8-12-22(16-21)34-2)20-13-14-23(35-3)24(17-20)36-18-19-9-6-5-7-10-19/h5-14,16-17,26,31H,4,15,18H2,1-3H3/b27-25-. The van der Waals surface area contributed by atoms with E-state index in [0.29, 0.717) is 47.9 Å². The van der Waals surface area contributed by atoms with Crippen molar-refractivity contribution in [3.05, 3.63) is 95.1 Å². The minimum atomic E-state index is -0.777. The fraction of sp³-hybridized carbons (Fsp3) is 0.241. The van der Waals surface area contributed by atoms with E-state index in [0.717, 1.165) is 5.56 Å². The van der Waals surface area contributed by atoms with Gasteiger partial charge >= 0.3 is 0 Å². The Morgan fingerprint density at radius 2 is 1.69 bits per heavy atom. The van der Waals surface area contributed by atoms with Crippen LogP contribution in [0.15, 0.2) is 78.4 Å². The first-order valence-electron chi connectivity index (χ1n) is 11.8. The summed E-state index contributed by atoms with van der Waals surface area (Å²) in [4.78, 5) is 27.7. The number of Topliss-reactive ketones (excluding diaryl/α,β-unsaturated/α-hetero) is 1. The third kappa shape index (κ3) is 4.91. The van der Waals surface area contributed by atoms with E-state index in [1.165, 1.54) is 12.0 Å². The molecule has 0 aliphatic carbocycles. The summed E-state index contributed by atoms with van der Waals surface area (Å²) in [6.07, 6.45) is 0.649. The molecule has 7 nitrogen and oxygen atoms in total. The van der Waals surface area contributed by atoms with Crippen LogP contribution in [0.4, 0.5) is 0 Å². The number of hydrogen-bond acceptors (Lipinski definition) is 6. The zero-order valence-corrected chi connectivity index (χ0v) is 20.6. The van der Waals surface area contributed by atoms with Crippen molar-refractivity contribution in [2.45, 2.75) is 26.0 Å². The number of hydrogen-bond donors (Lipinski definition) is 1. The van der Waals surface area contributed by atoms with E-state index in [2.05, 4.69) is 0 Å². The lowest BCUT2D eigenvalue weighted by molar-refractivity contribution is -0.139. The molecule has 1 unspecified atom stereocenters. The highest BCUT2D eigenvalue weighted by atomic mass is 16.5. The minimum Gasteiger partial charge on any atom is -0.507 e. The van der Waals surface area contributed by atoms with Gasteiger partial charge in [0.2, 0.25) is 0 Å². The van der Waals surface area contributed by atoms with E-state index in [4.69, 9.17) is 14.2 Å². The minimum absolute atomic E-state index is 0.0286. The molecule has 0 spiro atoms. The van der Waals surface area contributed by atoms with Crippen molar-refractivity contribution >= 4 is 17.4 Å². The molecule has 0 radical (unpaired) electrons. The molecule has 1 aliphatic heterocycles. The van der Waals surface area contributed by atoms with Crippen molar-refractivity contribution in [3.63, 3.8) is 0 Å². The highest BCUT2D eigenvalue weighted by molar-refractivity contribution is 6.46. The average molecular weight is 488 g/mol. The highest BCUT2D eigenvalue weighted by Crippen LogP contribution is 2.42. The number of ether oxygens (including phenoxy) is 3. The van der Waals surface area contributed by atoms with E-state index in [1.807, 2.05) is 37.3 Å². The SMILES string of the molecule is CCCN1C(=O)C(=O)/C(=C(\O)c2cccc(OC)c2)C1c1ccc(OC)c(OCc2ccccc2)c1. The maximum absolute atomic E-state index is 13.2. The molecule has 3 aromatic carbocycles. The van der Waals surface area contributed by atoms with E-state index in [1.54, 1.807) is 49.6 Å². The van der Waals surface area contributed by atoms with Crippen LogP contribution in [0.2, 0.25) is 0 Å². The number of benzene rings is 3. The number of rotatable bonds is 9. The van der Waals surface area contributed by atoms with Crippen LogP contribution in [0.1, 0.15) is 36.1 Å². The number of likely N-dealkylation sites (tertiary alicyclic amines) is 1. The number of amides is 1. The molecule has 0 aromatic heterocycles. The van der Waals surface area contributed by atoms with Crippen LogP contribution in [-0.4, -0.2) is 42.5 Å². The largest absolute Gasteiger partial charge is 0.507 e. The van der Waals surface area contributed by atoms with Gasteiger partial charge in [-0.2, -0.15) is 0 Å². The van der Waals surface area contributed by atoms with Crippen LogP contribution in [0.25, 0.3) is 5.76 Å². The van der Waals surface area contributed by atoms with Gasteiger partial charge in [0.1, 0.15) is 18.1 Å². The van der Waals surface area contributed by atoms with Crippen LogP contribution in [-0.2, 0) is 16.2 Å². The Labute approximate surface area is 210 Å². The Morgan fingerprint density at radius 3 is 2.39 bits per heavy atom. The molecule has 36 heavy (non-hydrogen) atoms. The van der Waals surface area contributed by atoms with Crippen molar-refractivity contribution in [1.29, 1.82) is 0 Å². The molecule has 1 fully saturated rings. The zero-order valence-electron chi connectivity index (χ0n) is 20.6. The summed E-state index contributed by atoms with van der Waals surface area (Å²) in [5.74, 6) is -0.0969. The summed E-state index contributed by atoms with van der Waals surface area (Å²) in [6, 6.07) is 21.0. The Balaban J connectivity index is 1.80. The highest BCUT2D eigenvalue weighted by Gasteiger charge is 2.45. The molecule has 4 rings (SSSR count). The maximum Gasteiger partial charge on any atom is 0.295 e. The van der Waals surface area contributed by atoms with Crippen molar-refractivity contribution in [1.82, 2.24) is 4.90 Å². The van der Waals surface area contributed by atoms with E-state index >= 15 is 0 Å². The number of ketones is 1. The second-order valence-corrected chi connectivity index (χ2v) is 8.41. The number of carbonyl (C=O) groups is 2. The maximum atomic E-state index is 13.2. The number of carbonyl (C=O) groups excluding carboxylic acids is 2. The lowest BCUT2D eigenvalue weighted by atomic mass is 9.95. The van der Waals surface area contributed by atoms with Crippen LogP contribution in [0.3, 0.4) is 0 Å². The molecule has 1 saturated heterocycles. The second-order valence-electron chi connectivity index (χ2n) is 8.41. The van der Waals surface area contributed by atoms with Gasteiger partial charge in [0.15, 0.2) is 11.5 Å². The fourth-order valence-corrected chi connectivity index (χ4v) is 4.34. The number of aliphatic hydroxyl groups is 1. The Bertz CT molecular complexity index is 1280. The van der Waals surface area contributed by atoms with E-state index < -0.39 is 17.7 Å². The molecule has 1 atom stereocenters. The van der Waals surface area contributed by atoms with Crippen LogP contribution >= 0.6 is 0 Å². The van der Waals surface area contributed by atoms with Gasteiger partial charge < -0.3 is 24.2 Å². The van der Waals surface area contributed by atoms with Crippen LogP contribution < -0.4 is 14.2 Å². The van der Waals surface area contributed by atoms with Crippen molar-refractivity contribution in [3.8, 4) is 17.2 Å². The number of aliphatic hydroxyl groups excluding tert-OH is 1. The van der Waals surface area contributed by atoms with Gasteiger partial charge in [-0.05, 0) is 41.8 Å². The first-order valence-corrected chi connectivity index (χ1v) is 11.8. The van der Waals surface area contributed by atoms with Crippen LogP contribution in [0, 0.1) is 0 Å². The summed E-state index contributed by atoms with van der Waals surface area (Å²) in [6.45, 7) is 2.61. The molecule has 186 valence electrons. The van der Waals surface area contributed by atoms with Crippen molar-refractivity contribution < 1.29 is 28.9 Å². The van der Waals surface area contributed by atoms with Gasteiger partial charge in [0, 0.05) is 12.1 Å².